The Bertz CT molecular complexity index is 355. The number of thioether (sulfide) groups is 1. The Balaban J connectivity index is 1.91. The monoisotopic (exact) mass is 271 g/mol. The van der Waals surface area contributed by atoms with Gasteiger partial charge in [-0.05, 0) is 30.5 Å². The maximum Gasteiger partial charge on any atom is 0.0666 e. The highest BCUT2D eigenvalue weighted by Gasteiger charge is 2.18. The summed E-state index contributed by atoms with van der Waals surface area (Å²) in [5.74, 6) is 1.02. The minimum atomic E-state index is 0.317. The Morgan fingerprint density at radius 2 is 2.41 bits per heavy atom. The fraction of sp³-hybridized carbons (Fsp3) is 0.538. The van der Waals surface area contributed by atoms with Gasteiger partial charge in [-0.3, -0.25) is 0 Å². The first-order chi connectivity index (χ1) is 8.29. The summed E-state index contributed by atoms with van der Waals surface area (Å²) in [6.07, 6.45) is 2.78. The molecule has 0 spiro atoms. The molecular formula is C13H18ClNOS. The van der Waals surface area contributed by atoms with Crippen LogP contribution in [0.2, 0.25) is 5.02 Å². The van der Waals surface area contributed by atoms with Gasteiger partial charge in [0.25, 0.3) is 0 Å². The van der Waals surface area contributed by atoms with Gasteiger partial charge in [-0.1, -0.05) is 23.7 Å². The zero-order chi connectivity index (χ0) is 12.1. The lowest BCUT2D eigenvalue weighted by molar-refractivity contribution is 0.129. The molecule has 0 aliphatic carbocycles. The van der Waals surface area contributed by atoms with Crippen molar-refractivity contribution in [1.82, 2.24) is 0 Å². The summed E-state index contributed by atoms with van der Waals surface area (Å²) in [5, 5.41) is 1.09. The molecule has 4 heteroatoms. The second-order valence-electron chi connectivity index (χ2n) is 4.25. The molecule has 0 amide bonds. The number of ether oxygens (including phenoxy) is 1. The van der Waals surface area contributed by atoms with E-state index < -0.39 is 0 Å². The van der Waals surface area contributed by atoms with Crippen LogP contribution in [0.5, 0.6) is 0 Å². The van der Waals surface area contributed by atoms with Crippen LogP contribution in [0.15, 0.2) is 24.3 Å². The summed E-state index contributed by atoms with van der Waals surface area (Å²) in [5.41, 5.74) is 7.05. The van der Waals surface area contributed by atoms with E-state index in [-0.39, 0.29) is 0 Å². The zero-order valence-corrected chi connectivity index (χ0v) is 11.3. The molecule has 2 unspecified atom stereocenters. The molecule has 2 rings (SSSR count). The van der Waals surface area contributed by atoms with Crippen molar-refractivity contribution in [3.05, 3.63) is 34.9 Å². The van der Waals surface area contributed by atoms with Gasteiger partial charge in [0.05, 0.1) is 6.10 Å². The third-order valence-electron chi connectivity index (χ3n) is 2.94. The van der Waals surface area contributed by atoms with Crippen molar-refractivity contribution in [3.8, 4) is 0 Å². The fourth-order valence-electron chi connectivity index (χ4n) is 2.01. The van der Waals surface area contributed by atoms with Crippen molar-refractivity contribution >= 4 is 23.4 Å². The van der Waals surface area contributed by atoms with Crippen LogP contribution in [0.1, 0.15) is 23.7 Å². The molecule has 1 aliphatic heterocycles. The van der Waals surface area contributed by atoms with Gasteiger partial charge in [-0.2, -0.15) is 0 Å². The average molecular weight is 272 g/mol. The van der Waals surface area contributed by atoms with Gasteiger partial charge < -0.3 is 10.5 Å². The molecule has 0 bridgehead atoms. The van der Waals surface area contributed by atoms with Crippen molar-refractivity contribution in [2.24, 2.45) is 5.73 Å². The lowest BCUT2D eigenvalue weighted by Gasteiger charge is -2.17. The van der Waals surface area contributed by atoms with E-state index in [1.54, 1.807) is 0 Å². The highest BCUT2D eigenvalue weighted by Crippen LogP contribution is 2.31. The first-order valence-corrected chi connectivity index (χ1v) is 7.41. The van der Waals surface area contributed by atoms with Gasteiger partial charge in [-0.15, -0.1) is 11.8 Å². The van der Waals surface area contributed by atoms with E-state index in [0.29, 0.717) is 17.9 Å². The third-order valence-corrected chi connectivity index (χ3v) is 4.61. The standard InChI is InChI=1S/C13H18ClNOS/c14-11-4-1-3-10(7-11)13(8-15)17-9-12-5-2-6-16-12/h1,3-4,7,12-13H,2,5-6,8-9,15H2. The maximum atomic E-state index is 6.00. The van der Waals surface area contributed by atoms with Gasteiger partial charge in [0.15, 0.2) is 0 Å². The van der Waals surface area contributed by atoms with Crippen LogP contribution in [0.3, 0.4) is 0 Å². The summed E-state index contributed by atoms with van der Waals surface area (Å²) >= 11 is 7.87. The highest BCUT2D eigenvalue weighted by molar-refractivity contribution is 7.99. The molecule has 94 valence electrons. The summed E-state index contributed by atoms with van der Waals surface area (Å²) in [7, 11) is 0. The van der Waals surface area contributed by atoms with Crippen molar-refractivity contribution in [2.75, 3.05) is 18.9 Å². The first-order valence-electron chi connectivity index (χ1n) is 5.98. The normalized spacial score (nSPS) is 21.6. The predicted octanol–water partition coefficient (Wildman–Crippen LogP) is 3.25. The molecule has 1 aromatic carbocycles. The quantitative estimate of drug-likeness (QED) is 0.893. The van der Waals surface area contributed by atoms with E-state index in [0.717, 1.165) is 17.4 Å². The van der Waals surface area contributed by atoms with E-state index in [2.05, 4.69) is 6.07 Å². The van der Waals surface area contributed by atoms with Gasteiger partial charge in [0.1, 0.15) is 0 Å². The van der Waals surface area contributed by atoms with Crippen LogP contribution in [0.25, 0.3) is 0 Å². The van der Waals surface area contributed by atoms with Gasteiger partial charge in [-0.25, -0.2) is 0 Å². The van der Waals surface area contributed by atoms with Crippen LogP contribution in [-0.2, 0) is 4.74 Å². The number of nitrogens with two attached hydrogens (primary N) is 1. The second-order valence-corrected chi connectivity index (χ2v) is 5.92. The third kappa shape index (κ3) is 3.88. The van der Waals surface area contributed by atoms with Crippen molar-refractivity contribution in [3.63, 3.8) is 0 Å². The Morgan fingerprint density at radius 1 is 1.53 bits per heavy atom. The summed E-state index contributed by atoms with van der Waals surface area (Å²) in [6, 6.07) is 7.96. The second kappa shape index (κ2) is 6.64. The number of benzene rings is 1. The molecular weight excluding hydrogens is 254 g/mol. The van der Waals surface area contributed by atoms with Crippen LogP contribution >= 0.6 is 23.4 Å². The SMILES string of the molecule is NCC(SCC1CCCO1)c1cccc(Cl)c1. The molecule has 0 saturated carbocycles. The number of rotatable bonds is 5. The van der Waals surface area contributed by atoms with Gasteiger partial charge in [0.2, 0.25) is 0 Å². The molecule has 2 atom stereocenters. The van der Waals surface area contributed by atoms with Crippen LogP contribution in [0, 0.1) is 0 Å². The number of hydrogen-bond acceptors (Lipinski definition) is 3. The molecule has 1 aromatic rings. The zero-order valence-electron chi connectivity index (χ0n) is 9.77. The maximum absolute atomic E-state index is 6.00. The first kappa shape index (κ1) is 13.2. The minimum Gasteiger partial charge on any atom is -0.377 e. The average Bonchev–Trinajstić information content (AvgIpc) is 2.83. The fourth-order valence-corrected chi connectivity index (χ4v) is 3.39. The molecule has 0 radical (unpaired) electrons. The lowest BCUT2D eigenvalue weighted by atomic mass is 10.1. The van der Waals surface area contributed by atoms with Crippen molar-refractivity contribution < 1.29 is 4.74 Å². The Hall–Kier alpha value is -0.220. The van der Waals surface area contributed by atoms with E-state index in [1.807, 2.05) is 30.0 Å². The summed E-state index contributed by atoms with van der Waals surface area (Å²) in [4.78, 5) is 0. The van der Waals surface area contributed by atoms with Crippen molar-refractivity contribution in [1.29, 1.82) is 0 Å². The summed E-state index contributed by atoms with van der Waals surface area (Å²) in [6.45, 7) is 1.55. The lowest BCUT2D eigenvalue weighted by Crippen LogP contribution is -2.14. The molecule has 0 aromatic heterocycles. The molecule has 1 aliphatic rings. The van der Waals surface area contributed by atoms with Crippen LogP contribution in [0.4, 0.5) is 0 Å². The molecule has 2 nitrogen and oxygen atoms in total. The van der Waals surface area contributed by atoms with E-state index in [9.17, 15) is 0 Å². The Kier molecular flexibility index (Phi) is 5.16. The van der Waals surface area contributed by atoms with E-state index in [1.165, 1.54) is 18.4 Å². The van der Waals surface area contributed by atoms with Crippen LogP contribution < -0.4 is 5.73 Å². The number of halogens is 1. The highest BCUT2D eigenvalue weighted by atomic mass is 35.5. The molecule has 1 fully saturated rings. The molecule has 2 N–H and O–H groups in total. The molecule has 1 heterocycles. The Labute approximate surface area is 112 Å². The van der Waals surface area contributed by atoms with Gasteiger partial charge in [0, 0.05) is 29.2 Å². The predicted molar refractivity (Wildman–Crippen MR) is 74.7 cm³/mol. The van der Waals surface area contributed by atoms with Gasteiger partial charge >= 0.3 is 0 Å². The van der Waals surface area contributed by atoms with Crippen molar-refractivity contribution in [2.45, 2.75) is 24.2 Å². The molecule has 17 heavy (non-hydrogen) atoms. The smallest absolute Gasteiger partial charge is 0.0666 e. The number of hydrogen-bond donors (Lipinski definition) is 1. The molecule has 1 saturated heterocycles. The van der Waals surface area contributed by atoms with Crippen LogP contribution in [-0.4, -0.2) is 25.0 Å². The van der Waals surface area contributed by atoms with E-state index in [4.69, 9.17) is 22.1 Å². The largest absolute Gasteiger partial charge is 0.377 e. The summed E-state index contributed by atoms with van der Waals surface area (Å²) < 4.78 is 5.62. The minimum absolute atomic E-state index is 0.317. The van der Waals surface area contributed by atoms with E-state index >= 15 is 0 Å². The topological polar surface area (TPSA) is 35.2 Å². The Morgan fingerprint density at radius 3 is 3.06 bits per heavy atom.